The molecule has 1 aliphatic rings. The van der Waals surface area contributed by atoms with E-state index < -0.39 is 12.5 Å². The number of fused-ring (bicyclic) bond motifs is 1. The van der Waals surface area contributed by atoms with Crippen LogP contribution in [-0.4, -0.2) is 15.7 Å². The van der Waals surface area contributed by atoms with Gasteiger partial charge in [-0.3, -0.25) is 9.48 Å². The first-order valence-electron chi connectivity index (χ1n) is 8.23. The molecule has 3 rings (SSSR count). The molecule has 26 heavy (non-hydrogen) atoms. The Morgan fingerprint density at radius 1 is 1.42 bits per heavy atom. The van der Waals surface area contributed by atoms with Crippen LogP contribution in [0, 0.1) is 18.3 Å². The predicted molar refractivity (Wildman–Crippen MR) is 98.6 cm³/mol. The van der Waals surface area contributed by atoms with Gasteiger partial charge in [-0.15, -0.1) is 11.3 Å². The minimum Gasteiger partial charge on any atom is -0.315 e. The Morgan fingerprint density at radius 3 is 2.73 bits per heavy atom. The molecule has 0 bridgehead atoms. The topological polar surface area (TPSA) is 70.7 Å². The molecule has 2 aromatic rings. The number of rotatable bonds is 4. The Bertz CT molecular complexity index is 900. The Hall–Kier alpha value is -1.79. The number of nitrogens with zero attached hydrogens (tertiary/aromatic N) is 3. The number of aryl methyl sites for hydroxylation is 1. The maximum absolute atomic E-state index is 13.0. The summed E-state index contributed by atoms with van der Waals surface area (Å²) < 4.78 is 27.5. The van der Waals surface area contributed by atoms with Gasteiger partial charge >= 0.3 is 0 Å². The SMILES string of the molecule is Cc1c(Br)c(C(F)F)nn1[C@H](C)C(=O)Nc1sc2c(c1C#N)CCCC2. The van der Waals surface area contributed by atoms with Crippen molar-refractivity contribution in [3.8, 4) is 6.07 Å². The normalized spacial score (nSPS) is 14.8. The van der Waals surface area contributed by atoms with Crippen LogP contribution in [0.3, 0.4) is 0 Å². The van der Waals surface area contributed by atoms with E-state index in [0.29, 0.717) is 16.3 Å². The number of hydrogen-bond donors (Lipinski definition) is 1. The lowest BCUT2D eigenvalue weighted by Crippen LogP contribution is -2.25. The number of carbonyl (C=O) groups excluding carboxylic acids is 1. The lowest BCUT2D eigenvalue weighted by atomic mass is 9.96. The van der Waals surface area contributed by atoms with E-state index in [1.165, 1.54) is 16.0 Å². The smallest absolute Gasteiger partial charge is 0.283 e. The van der Waals surface area contributed by atoms with Gasteiger partial charge < -0.3 is 5.32 Å². The third-order valence-corrected chi connectivity index (χ3v) is 6.76. The molecule has 0 saturated carbocycles. The third kappa shape index (κ3) is 3.28. The van der Waals surface area contributed by atoms with E-state index in [1.54, 1.807) is 13.8 Å². The highest BCUT2D eigenvalue weighted by Crippen LogP contribution is 2.38. The van der Waals surface area contributed by atoms with Crippen LogP contribution in [-0.2, 0) is 17.6 Å². The van der Waals surface area contributed by atoms with Gasteiger partial charge in [-0.1, -0.05) is 0 Å². The Balaban J connectivity index is 1.86. The van der Waals surface area contributed by atoms with Crippen molar-refractivity contribution in [3.05, 3.63) is 31.9 Å². The number of carbonyl (C=O) groups is 1. The number of anilines is 1. The maximum Gasteiger partial charge on any atom is 0.283 e. The zero-order valence-corrected chi connectivity index (χ0v) is 16.7. The summed E-state index contributed by atoms with van der Waals surface area (Å²) in [6, 6.07) is 1.41. The minimum atomic E-state index is -2.73. The highest BCUT2D eigenvalue weighted by atomic mass is 79.9. The molecule has 2 aromatic heterocycles. The quantitative estimate of drug-likeness (QED) is 0.731. The number of thiophene rings is 1. The second-order valence-corrected chi connectivity index (χ2v) is 8.12. The fourth-order valence-corrected chi connectivity index (χ4v) is 4.81. The molecule has 1 N–H and O–H groups in total. The maximum atomic E-state index is 13.0. The fraction of sp³-hybridized carbons (Fsp3) is 0.471. The Morgan fingerprint density at radius 2 is 2.12 bits per heavy atom. The van der Waals surface area contributed by atoms with Crippen LogP contribution in [0.4, 0.5) is 13.8 Å². The van der Waals surface area contributed by atoms with Crippen LogP contribution < -0.4 is 5.32 Å². The van der Waals surface area contributed by atoms with Crippen LogP contribution in [0.25, 0.3) is 0 Å². The first-order chi connectivity index (χ1) is 12.3. The number of alkyl halides is 2. The average molecular weight is 443 g/mol. The summed E-state index contributed by atoms with van der Waals surface area (Å²) in [5.74, 6) is -0.390. The zero-order valence-electron chi connectivity index (χ0n) is 14.3. The van der Waals surface area contributed by atoms with E-state index in [2.05, 4.69) is 32.4 Å². The molecular formula is C17H17BrF2N4OS. The Labute approximate surface area is 162 Å². The summed E-state index contributed by atoms with van der Waals surface area (Å²) in [6.07, 6.45) is 1.17. The number of nitrogens with one attached hydrogen (secondary N) is 1. The van der Waals surface area contributed by atoms with E-state index in [4.69, 9.17) is 0 Å². The van der Waals surface area contributed by atoms with E-state index in [9.17, 15) is 18.8 Å². The van der Waals surface area contributed by atoms with E-state index in [1.807, 2.05) is 0 Å². The molecule has 0 aliphatic heterocycles. The largest absolute Gasteiger partial charge is 0.315 e. The molecule has 1 amide bonds. The van der Waals surface area contributed by atoms with E-state index in [0.717, 1.165) is 36.1 Å². The molecule has 0 fully saturated rings. The monoisotopic (exact) mass is 442 g/mol. The van der Waals surface area contributed by atoms with E-state index >= 15 is 0 Å². The van der Waals surface area contributed by atoms with E-state index in [-0.39, 0.29) is 16.1 Å². The van der Waals surface area contributed by atoms with Crippen molar-refractivity contribution in [1.82, 2.24) is 9.78 Å². The first-order valence-corrected chi connectivity index (χ1v) is 9.84. The molecule has 0 aromatic carbocycles. The second kappa shape index (κ2) is 7.45. The first kappa shape index (κ1) is 19.0. The van der Waals surface area contributed by atoms with Crippen LogP contribution in [0.15, 0.2) is 4.47 Å². The van der Waals surface area contributed by atoms with Gasteiger partial charge in [0.05, 0.1) is 15.7 Å². The average Bonchev–Trinajstić information content (AvgIpc) is 3.11. The summed E-state index contributed by atoms with van der Waals surface area (Å²) >= 11 is 4.54. The molecule has 0 unspecified atom stereocenters. The molecule has 5 nitrogen and oxygen atoms in total. The number of aromatic nitrogens is 2. The molecule has 0 spiro atoms. The van der Waals surface area contributed by atoms with Gasteiger partial charge in [-0.25, -0.2) is 8.78 Å². The van der Waals surface area contributed by atoms with Gasteiger partial charge in [0, 0.05) is 4.88 Å². The Kier molecular flexibility index (Phi) is 5.44. The van der Waals surface area contributed by atoms with Crippen LogP contribution >= 0.6 is 27.3 Å². The van der Waals surface area contributed by atoms with Gasteiger partial charge in [0.2, 0.25) is 5.91 Å². The van der Waals surface area contributed by atoms with Crippen molar-refractivity contribution in [3.63, 3.8) is 0 Å². The second-order valence-electron chi connectivity index (χ2n) is 6.22. The summed E-state index contributed by atoms with van der Waals surface area (Å²) in [7, 11) is 0. The highest BCUT2D eigenvalue weighted by Gasteiger charge is 2.27. The minimum absolute atomic E-state index is 0.205. The van der Waals surface area contributed by atoms with Crippen molar-refractivity contribution in [1.29, 1.82) is 5.26 Å². The van der Waals surface area contributed by atoms with Crippen molar-refractivity contribution in [2.45, 2.75) is 52.0 Å². The van der Waals surface area contributed by atoms with Gasteiger partial charge in [-0.2, -0.15) is 10.4 Å². The zero-order chi connectivity index (χ0) is 19.0. The van der Waals surface area contributed by atoms with Crippen LogP contribution in [0.1, 0.15) is 59.6 Å². The molecule has 0 radical (unpaired) electrons. The molecule has 2 heterocycles. The summed E-state index contributed by atoms with van der Waals surface area (Å²) in [4.78, 5) is 13.8. The highest BCUT2D eigenvalue weighted by molar-refractivity contribution is 9.10. The van der Waals surface area contributed by atoms with Crippen molar-refractivity contribution in [2.75, 3.05) is 5.32 Å². The molecule has 0 saturated heterocycles. The molecule has 138 valence electrons. The third-order valence-electron chi connectivity index (χ3n) is 4.57. The summed E-state index contributed by atoms with van der Waals surface area (Å²) in [5, 5.41) is 16.7. The molecular weight excluding hydrogens is 426 g/mol. The standard InChI is InChI=1S/C17H17BrF2N4OS/c1-8-13(18)14(15(19)20)23-24(8)9(2)16(25)22-17-11(7-21)10-5-3-4-6-12(10)26-17/h9,15H,3-6H2,1-2H3,(H,22,25)/t9-/m1/s1. The van der Waals surface area contributed by atoms with Gasteiger partial charge in [0.1, 0.15) is 22.8 Å². The predicted octanol–water partition coefficient (Wildman–Crippen LogP) is 4.90. The summed E-state index contributed by atoms with van der Waals surface area (Å²) in [5.41, 5.74) is 1.63. The summed E-state index contributed by atoms with van der Waals surface area (Å²) in [6.45, 7) is 3.22. The van der Waals surface area contributed by atoms with Crippen LogP contribution in [0.5, 0.6) is 0 Å². The van der Waals surface area contributed by atoms with Crippen LogP contribution in [0.2, 0.25) is 0 Å². The van der Waals surface area contributed by atoms with Crippen molar-refractivity contribution >= 4 is 38.2 Å². The van der Waals surface area contributed by atoms with Gasteiger partial charge in [-0.05, 0) is 61.0 Å². The van der Waals surface area contributed by atoms with Crippen molar-refractivity contribution < 1.29 is 13.6 Å². The number of hydrogen-bond acceptors (Lipinski definition) is 4. The molecule has 1 atom stereocenters. The lowest BCUT2D eigenvalue weighted by molar-refractivity contribution is -0.119. The number of nitriles is 1. The lowest BCUT2D eigenvalue weighted by Gasteiger charge is -2.14. The van der Waals surface area contributed by atoms with Gasteiger partial charge in [0.25, 0.3) is 6.43 Å². The van der Waals surface area contributed by atoms with Gasteiger partial charge in [0.15, 0.2) is 0 Å². The number of amides is 1. The van der Waals surface area contributed by atoms with Crippen molar-refractivity contribution in [2.24, 2.45) is 0 Å². The molecule has 9 heteroatoms. The fourth-order valence-electron chi connectivity index (χ4n) is 3.14. The number of halogens is 3. The molecule has 1 aliphatic carbocycles.